The summed E-state index contributed by atoms with van der Waals surface area (Å²) < 4.78 is 68.0. The minimum Gasteiger partial charge on any atom is -0.462 e. The molecule has 0 aromatic rings. The van der Waals surface area contributed by atoms with Crippen LogP contribution in [-0.2, 0) is 65.4 Å². The number of aliphatic hydroxyl groups is 1. The highest BCUT2D eigenvalue weighted by molar-refractivity contribution is 7.47. The summed E-state index contributed by atoms with van der Waals surface area (Å²) >= 11 is 0. The molecule has 0 saturated heterocycles. The van der Waals surface area contributed by atoms with Gasteiger partial charge in [0.1, 0.15) is 19.3 Å². The molecule has 3 N–H and O–H groups in total. The zero-order valence-corrected chi connectivity index (χ0v) is 56.9. The van der Waals surface area contributed by atoms with Crippen LogP contribution in [0, 0.1) is 17.8 Å². The Morgan fingerprint density at radius 3 is 0.894 bits per heavy atom. The van der Waals surface area contributed by atoms with E-state index in [0.29, 0.717) is 31.6 Å². The molecule has 85 heavy (non-hydrogen) atoms. The second-order valence-electron chi connectivity index (χ2n) is 25.1. The quantitative estimate of drug-likeness (QED) is 0.0222. The van der Waals surface area contributed by atoms with Gasteiger partial charge in [0.05, 0.1) is 26.4 Å². The van der Waals surface area contributed by atoms with Gasteiger partial charge in [0.25, 0.3) is 0 Å². The summed E-state index contributed by atoms with van der Waals surface area (Å²) in [5.74, 6) is 0.101. The van der Waals surface area contributed by atoms with E-state index in [0.717, 1.165) is 115 Å². The van der Waals surface area contributed by atoms with Crippen molar-refractivity contribution < 1.29 is 80.2 Å². The normalized spacial score (nSPS) is 14.6. The van der Waals surface area contributed by atoms with Gasteiger partial charge in [-0.15, -0.1) is 0 Å². The van der Waals surface area contributed by atoms with Crippen LogP contribution in [0.2, 0.25) is 0 Å². The molecule has 0 amide bonds. The fourth-order valence-corrected chi connectivity index (χ4v) is 11.4. The highest BCUT2D eigenvalue weighted by Gasteiger charge is 2.30. The smallest absolute Gasteiger partial charge is 0.462 e. The van der Waals surface area contributed by atoms with Gasteiger partial charge in [-0.2, -0.15) is 0 Å². The van der Waals surface area contributed by atoms with Gasteiger partial charge in [-0.1, -0.05) is 273 Å². The number of rotatable bonds is 64. The molecule has 6 atom stereocenters. The van der Waals surface area contributed by atoms with E-state index in [4.69, 9.17) is 37.0 Å². The molecule has 0 radical (unpaired) electrons. The molecule has 0 spiro atoms. The molecule has 0 bridgehead atoms. The van der Waals surface area contributed by atoms with Crippen molar-refractivity contribution in [2.45, 2.75) is 343 Å². The Bertz CT molecular complexity index is 1680. The largest absolute Gasteiger partial charge is 0.472 e. The predicted octanol–water partition coefficient (Wildman–Crippen LogP) is 18.3. The molecule has 0 aromatic carbocycles. The summed E-state index contributed by atoms with van der Waals surface area (Å²) in [4.78, 5) is 72.2. The summed E-state index contributed by atoms with van der Waals surface area (Å²) in [6, 6.07) is 0. The molecule has 19 heteroatoms. The van der Waals surface area contributed by atoms with Crippen molar-refractivity contribution in [3.8, 4) is 0 Å². The van der Waals surface area contributed by atoms with E-state index < -0.39 is 97.5 Å². The van der Waals surface area contributed by atoms with E-state index in [1.807, 2.05) is 0 Å². The highest BCUT2D eigenvalue weighted by Crippen LogP contribution is 2.45. The van der Waals surface area contributed by atoms with Gasteiger partial charge in [0.15, 0.2) is 12.2 Å². The molecule has 3 unspecified atom stereocenters. The Labute approximate surface area is 517 Å². The fourth-order valence-electron chi connectivity index (χ4n) is 9.80. The van der Waals surface area contributed by atoms with Crippen LogP contribution in [0.3, 0.4) is 0 Å². The minimum atomic E-state index is -4.95. The van der Waals surface area contributed by atoms with Crippen LogP contribution in [0.25, 0.3) is 0 Å². The van der Waals surface area contributed by atoms with Crippen LogP contribution >= 0.6 is 15.6 Å². The standard InChI is InChI=1S/C66H128O17P2/c1-8-10-11-12-23-33-40-47-63(68)76-53-62(83-66(71)50-43-36-29-28-31-38-45-58(5)6)56-81-85(74,75)79-52-60(67)51-78-84(72,73)80-55-61(54-77-64(69)48-41-34-26-22-21-25-32-39-46-59(7)9-2)82-65(70)49-42-35-27-20-18-16-14-13-15-17-19-24-30-37-44-57(3)4/h57-62,67H,8-56H2,1-7H3,(H,72,73)(H,74,75)/t59?,60-,61-,62-/m1/s1. The first-order valence-electron chi connectivity index (χ1n) is 34.4. The third kappa shape index (κ3) is 59.5. The molecule has 0 saturated carbocycles. The first-order valence-corrected chi connectivity index (χ1v) is 37.4. The van der Waals surface area contributed by atoms with Crippen molar-refractivity contribution in [1.82, 2.24) is 0 Å². The number of unbranched alkanes of at least 4 members (excludes halogenated alkanes) is 31. The Balaban J connectivity index is 5.20. The maximum absolute atomic E-state index is 13.0. The number of hydrogen-bond acceptors (Lipinski definition) is 15. The van der Waals surface area contributed by atoms with E-state index in [1.54, 1.807) is 0 Å². The van der Waals surface area contributed by atoms with Crippen LogP contribution in [0.5, 0.6) is 0 Å². The van der Waals surface area contributed by atoms with Gasteiger partial charge in [-0.25, -0.2) is 9.13 Å². The third-order valence-corrected chi connectivity index (χ3v) is 17.4. The molecular formula is C66H128O17P2. The van der Waals surface area contributed by atoms with Gasteiger partial charge in [-0.05, 0) is 43.4 Å². The van der Waals surface area contributed by atoms with Crippen LogP contribution in [0.1, 0.15) is 325 Å². The molecule has 504 valence electrons. The molecular weight excluding hydrogens is 1130 g/mol. The number of carbonyl (C=O) groups excluding carboxylic acids is 4. The number of phosphoric ester groups is 2. The van der Waals surface area contributed by atoms with Crippen molar-refractivity contribution in [3.05, 3.63) is 0 Å². The molecule has 0 aliphatic carbocycles. The molecule has 0 fully saturated rings. The molecule has 0 heterocycles. The van der Waals surface area contributed by atoms with Crippen molar-refractivity contribution >= 4 is 39.5 Å². The molecule has 0 aromatic heterocycles. The van der Waals surface area contributed by atoms with E-state index in [9.17, 15) is 43.2 Å². The van der Waals surface area contributed by atoms with E-state index >= 15 is 0 Å². The van der Waals surface area contributed by atoms with Crippen LogP contribution < -0.4 is 0 Å². The lowest BCUT2D eigenvalue weighted by Gasteiger charge is -2.21. The average Bonchev–Trinajstić information content (AvgIpc) is 3.61. The highest BCUT2D eigenvalue weighted by atomic mass is 31.2. The summed E-state index contributed by atoms with van der Waals surface area (Å²) in [5.41, 5.74) is 0. The van der Waals surface area contributed by atoms with Gasteiger partial charge in [-0.3, -0.25) is 37.3 Å². The number of phosphoric acid groups is 2. The van der Waals surface area contributed by atoms with Gasteiger partial charge < -0.3 is 33.8 Å². The van der Waals surface area contributed by atoms with E-state index in [1.165, 1.54) is 122 Å². The Hall–Kier alpha value is -1.94. The number of carbonyl (C=O) groups is 4. The van der Waals surface area contributed by atoms with Gasteiger partial charge in [0.2, 0.25) is 0 Å². The van der Waals surface area contributed by atoms with Gasteiger partial charge in [0, 0.05) is 25.7 Å². The monoisotopic (exact) mass is 1250 g/mol. The Kier molecular flexibility index (Phi) is 55.9. The minimum absolute atomic E-state index is 0.101. The number of aliphatic hydroxyl groups excluding tert-OH is 1. The lowest BCUT2D eigenvalue weighted by Crippen LogP contribution is -2.30. The maximum Gasteiger partial charge on any atom is 0.472 e. The Morgan fingerprint density at radius 2 is 0.600 bits per heavy atom. The zero-order valence-electron chi connectivity index (χ0n) is 55.1. The number of esters is 4. The fraction of sp³-hybridized carbons (Fsp3) is 0.939. The van der Waals surface area contributed by atoms with E-state index in [-0.39, 0.29) is 25.7 Å². The summed E-state index contributed by atoms with van der Waals surface area (Å²) in [5, 5.41) is 10.5. The third-order valence-electron chi connectivity index (χ3n) is 15.5. The number of hydrogen-bond donors (Lipinski definition) is 3. The van der Waals surface area contributed by atoms with Crippen LogP contribution in [-0.4, -0.2) is 96.7 Å². The molecule has 0 aliphatic heterocycles. The van der Waals surface area contributed by atoms with Crippen molar-refractivity contribution in [1.29, 1.82) is 0 Å². The molecule has 0 rings (SSSR count). The van der Waals surface area contributed by atoms with Gasteiger partial charge >= 0.3 is 39.5 Å². The second kappa shape index (κ2) is 57.2. The Morgan fingerprint density at radius 1 is 0.341 bits per heavy atom. The maximum atomic E-state index is 13.0. The first-order chi connectivity index (χ1) is 40.8. The second-order valence-corrected chi connectivity index (χ2v) is 28.0. The van der Waals surface area contributed by atoms with Crippen LogP contribution in [0.15, 0.2) is 0 Å². The number of ether oxygens (including phenoxy) is 4. The van der Waals surface area contributed by atoms with Crippen LogP contribution in [0.4, 0.5) is 0 Å². The van der Waals surface area contributed by atoms with Crippen molar-refractivity contribution in [2.75, 3.05) is 39.6 Å². The average molecular weight is 1260 g/mol. The zero-order chi connectivity index (χ0) is 63.1. The van der Waals surface area contributed by atoms with Crippen molar-refractivity contribution in [3.63, 3.8) is 0 Å². The topological polar surface area (TPSA) is 237 Å². The first kappa shape index (κ1) is 83.1. The molecule has 0 aliphatic rings. The van der Waals surface area contributed by atoms with Crippen molar-refractivity contribution in [2.24, 2.45) is 17.8 Å². The molecule has 17 nitrogen and oxygen atoms in total. The van der Waals surface area contributed by atoms with E-state index in [2.05, 4.69) is 48.5 Å². The summed E-state index contributed by atoms with van der Waals surface area (Å²) in [6.07, 6.45) is 39.2. The lowest BCUT2D eigenvalue weighted by molar-refractivity contribution is -0.161. The lowest BCUT2D eigenvalue weighted by atomic mass is 9.99. The summed E-state index contributed by atoms with van der Waals surface area (Å²) in [6.45, 7) is 11.7. The summed E-state index contributed by atoms with van der Waals surface area (Å²) in [7, 11) is -9.89. The predicted molar refractivity (Wildman–Crippen MR) is 340 cm³/mol. The SMILES string of the molecule is CCCCCCCCCC(=O)OC[C@H](COP(=O)(O)OC[C@H](O)COP(=O)(O)OC[C@@H](COC(=O)CCCCCCCCCCC(C)CC)OC(=O)CCCCCCCCCCCCCCCCC(C)C)OC(=O)CCCCCCCCC(C)C.